The topological polar surface area (TPSA) is 42.0 Å². The highest BCUT2D eigenvalue weighted by Crippen LogP contribution is 2.32. The Balaban J connectivity index is 1.95. The van der Waals surface area contributed by atoms with Gasteiger partial charge in [-0.1, -0.05) is 6.07 Å². The Morgan fingerprint density at radius 3 is 2.60 bits per heavy atom. The van der Waals surface area contributed by atoms with Gasteiger partial charge >= 0.3 is 0 Å². The SMILES string of the molecule is Cc1ccc(-c2cc(I)ccc2C(=O)NC(C)(C)c2ccccn2)s1. The van der Waals surface area contributed by atoms with Gasteiger partial charge in [0.2, 0.25) is 0 Å². The summed E-state index contributed by atoms with van der Waals surface area (Å²) in [4.78, 5) is 19.7. The Bertz CT molecular complexity index is 903. The van der Waals surface area contributed by atoms with Gasteiger partial charge in [-0.15, -0.1) is 11.3 Å². The molecule has 3 aromatic rings. The zero-order valence-electron chi connectivity index (χ0n) is 14.3. The monoisotopic (exact) mass is 462 g/mol. The number of amides is 1. The molecule has 0 radical (unpaired) electrons. The number of thiophene rings is 1. The van der Waals surface area contributed by atoms with Crippen molar-refractivity contribution in [3.63, 3.8) is 0 Å². The van der Waals surface area contributed by atoms with E-state index in [0.29, 0.717) is 5.56 Å². The normalized spacial score (nSPS) is 11.4. The molecule has 0 unspecified atom stereocenters. The van der Waals surface area contributed by atoms with E-state index >= 15 is 0 Å². The van der Waals surface area contributed by atoms with Gasteiger partial charge in [-0.25, -0.2) is 0 Å². The molecule has 1 aromatic carbocycles. The Morgan fingerprint density at radius 1 is 1.16 bits per heavy atom. The predicted octanol–water partition coefficient (Wildman–Crippen LogP) is 5.39. The number of nitrogens with zero attached hydrogens (tertiary/aromatic N) is 1. The molecule has 0 bridgehead atoms. The maximum Gasteiger partial charge on any atom is 0.252 e. The van der Waals surface area contributed by atoms with Crippen molar-refractivity contribution < 1.29 is 4.79 Å². The number of carbonyl (C=O) groups is 1. The molecule has 0 saturated heterocycles. The summed E-state index contributed by atoms with van der Waals surface area (Å²) in [5.74, 6) is -0.0897. The number of halogens is 1. The largest absolute Gasteiger partial charge is 0.341 e. The Labute approximate surface area is 165 Å². The lowest BCUT2D eigenvalue weighted by molar-refractivity contribution is 0.0911. The lowest BCUT2D eigenvalue weighted by atomic mass is 9.98. The van der Waals surface area contributed by atoms with Crippen molar-refractivity contribution in [2.24, 2.45) is 0 Å². The molecule has 0 fully saturated rings. The number of nitrogens with one attached hydrogen (secondary N) is 1. The summed E-state index contributed by atoms with van der Waals surface area (Å²) in [6, 6.07) is 15.8. The van der Waals surface area contributed by atoms with E-state index in [-0.39, 0.29) is 5.91 Å². The molecule has 0 aliphatic carbocycles. The standard InChI is InChI=1S/C20H19IN2OS/c1-13-7-10-17(25-13)16-12-14(21)8-9-15(16)19(24)23-20(2,3)18-6-4-5-11-22-18/h4-12H,1-3H3,(H,23,24). The van der Waals surface area contributed by atoms with Crippen LogP contribution in [0.5, 0.6) is 0 Å². The highest BCUT2D eigenvalue weighted by Gasteiger charge is 2.26. The molecular formula is C20H19IN2OS. The van der Waals surface area contributed by atoms with E-state index in [1.54, 1.807) is 17.5 Å². The molecule has 0 aliphatic rings. The second-order valence-corrected chi connectivity index (χ2v) is 8.93. The zero-order chi connectivity index (χ0) is 18.0. The third kappa shape index (κ3) is 4.10. The van der Waals surface area contributed by atoms with Gasteiger partial charge in [0.25, 0.3) is 5.91 Å². The zero-order valence-corrected chi connectivity index (χ0v) is 17.3. The third-order valence-electron chi connectivity index (χ3n) is 3.96. The second kappa shape index (κ2) is 7.25. The summed E-state index contributed by atoms with van der Waals surface area (Å²) in [6.45, 7) is 6.01. The van der Waals surface area contributed by atoms with Crippen molar-refractivity contribution >= 4 is 39.8 Å². The van der Waals surface area contributed by atoms with Crippen LogP contribution >= 0.6 is 33.9 Å². The van der Waals surface area contributed by atoms with Crippen molar-refractivity contribution in [1.82, 2.24) is 10.3 Å². The van der Waals surface area contributed by atoms with Crippen molar-refractivity contribution in [3.8, 4) is 10.4 Å². The quantitative estimate of drug-likeness (QED) is 0.529. The van der Waals surface area contributed by atoms with Gasteiger partial charge in [0.05, 0.1) is 11.2 Å². The first kappa shape index (κ1) is 18.1. The molecule has 2 aromatic heterocycles. The lowest BCUT2D eigenvalue weighted by Crippen LogP contribution is -2.41. The molecule has 25 heavy (non-hydrogen) atoms. The molecule has 1 amide bonds. The predicted molar refractivity (Wildman–Crippen MR) is 112 cm³/mol. The van der Waals surface area contributed by atoms with Gasteiger partial charge in [-0.3, -0.25) is 9.78 Å². The maximum atomic E-state index is 13.0. The van der Waals surface area contributed by atoms with Crippen LogP contribution in [-0.4, -0.2) is 10.9 Å². The number of pyridine rings is 1. The van der Waals surface area contributed by atoms with Crippen LogP contribution in [0.25, 0.3) is 10.4 Å². The van der Waals surface area contributed by atoms with Crippen LogP contribution in [0.2, 0.25) is 0 Å². The fourth-order valence-electron chi connectivity index (χ4n) is 2.65. The van der Waals surface area contributed by atoms with Crippen molar-refractivity contribution in [2.45, 2.75) is 26.3 Å². The molecule has 3 nitrogen and oxygen atoms in total. The highest BCUT2D eigenvalue weighted by atomic mass is 127. The second-order valence-electron chi connectivity index (χ2n) is 6.39. The van der Waals surface area contributed by atoms with Crippen molar-refractivity contribution in [2.75, 3.05) is 0 Å². The molecular weight excluding hydrogens is 443 g/mol. The van der Waals surface area contributed by atoms with Crippen LogP contribution in [0.1, 0.15) is 34.8 Å². The molecule has 0 atom stereocenters. The molecule has 3 rings (SSSR count). The molecule has 0 spiro atoms. The highest BCUT2D eigenvalue weighted by molar-refractivity contribution is 14.1. The number of aromatic nitrogens is 1. The molecule has 5 heteroatoms. The Hall–Kier alpha value is -1.73. The van der Waals surface area contributed by atoms with Crippen molar-refractivity contribution in [1.29, 1.82) is 0 Å². The number of rotatable bonds is 4. The number of carbonyl (C=O) groups excluding carboxylic acids is 1. The first-order valence-electron chi connectivity index (χ1n) is 7.97. The van der Waals surface area contributed by atoms with Crippen LogP contribution in [-0.2, 0) is 5.54 Å². The van der Waals surface area contributed by atoms with Crippen LogP contribution in [0.15, 0.2) is 54.7 Å². The van der Waals surface area contributed by atoms with Gasteiger partial charge < -0.3 is 5.32 Å². The van der Waals surface area contributed by atoms with Gasteiger partial charge in [0, 0.05) is 30.6 Å². The molecule has 0 aliphatic heterocycles. The van der Waals surface area contributed by atoms with Gasteiger partial charge in [-0.05, 0) is 85.8 Å². The van der Waals surface area contributed by atoms with E-state index in [1.807, 2.05) is 44.2 Å². The van der Waals surface area contributed by atoms with E-state index in [2.05, 4.69) is 58.0 Å². The van der Waals surface area contributed by atoms with E-state index in [0.717, 1.165) is 19.7 Å². The first-order valence-corrected chi connectivity index (χ1v) is 9.87. The summed E-state index contributed by atoms with van der Waals surface area (Å²) in [7, 11) is 0. The minimum absolute atomic E-state index is 0.0897. The van der Waals surface area contributed by atoms with Gasteiger partial charge in [0.15, 0.2) is 0 Å². The smallest absolute Gasteiger partial charge is 0.252 e. The maximum absolute atomic E-state index is 13.0. The van der Waals surface area contributed by atoms with Crippen LogP contribution in [0.3, 0.4) is 0 Å². The fourth-order valence-corrected chi connectivity index (χ4v) is 4.03. The van der Waals surface area contributed by atoms with Gasteiger partial charge in [0.1, 0.15) is 0 Å². The summed E-state index contributed by atoms with van der Waals surface area (Å²) in [6.07, 6.45) is 1.74. The van der Waals surface area contributed by atoms with E-state index in [4.69, 9.17) is 0 Å². The summed E-state index contributed by atoms with van der Waals surface area (Å²) in [5, 5.41) is 3.13. The molecule has 0 saturated carbocycles. The number of hydrogen-bond donors (Lipinski definition) is 1. The first-order chi connectivity index (χ1) is 11.9. The number of hydrogen-bond acceptors (Lipinski definition) is 3. The molecule has 128 valence electrons. The fraction of sp³-hybridized carbons (Fsp3) is 0.200. The molecule has 2 heterocycles. The molecule has 1 N–H and O–H groups in total. The summed E-state index contributed by atoms with van der Waals surface area (Å²) < 4.78 is 1.11. The summed E-state index contributed by atoms with van der Waals surface area (Å²) in [5.41, 5.74) is 1.94. The Kier molecular flexibility index (Phi) is 5.24. The lowest BCUT2D eigenvalue weighted by Gasteiger charge is -2.26. The van der Waals surface area contributed by atoms with E-state index < -0.39 is 5.54 Å². The van der Waals surface area contributed by atoms with Crippen LogP contribution in [0, 0.1) is 10.5 Å². The Morgan fingerprint density at radius 2 is 1.96 bits per heavy atom. The average Bonchev–Trinajstić information content (AvgIpc) is 3.01. The van der Waals surface area contributed by atoms with Crippen LogP contribution in [0.4, 0.5) is 0 Å². The van der Waals surface area contributed by atoms with Crippen molar-refractivity contribution in [3.05, 3.63) is 74.4 Å². The van der Waals surface area contributed by atoms with Crippen LogP contribution < -0.4 is 5.32 Å². The van der Waals surface area contributed by atoms with E-state index in [1.165, 1.54) is 4.88 Å². The summed E-state index contributed by atoms with van der Waals surface area (Å²) >= 11 is 3.98. The number of aryl methyl sites for hydroxylation is 1. The van der Waals surface area contributed by atoms with E-state index in [9.17, 15) is 4.79 Å². The third-order valence-corrected chi connectivity index (χ3v) is 5.67. The minimum Gasteiger partial charge on any atom is -0.341 e. The average molecular weight is 462 g/mol. The number of benzene rings is 1. The van der Waals surface area contributed by atoms with Gasteiger partial charge in [-0.2, -0.15) is 0 Å². The minimum atomic E-state index is -0.552.